The third kappa shape index (κ3) is 3.95. The van der Waals surface area contributed by atoms with E-state index in [1.807, 2.05) is 14.0 Å². The molecule has 0 amide bonds. The Balaban J connectivity index is 1.61. The van der Waals surface area contributed by atoms with Crippen molar-refractivity contribution in [3.63, 3.8) is 0 Å². The van der Waals surface area contributed by atoms with Crippen LogP contribution in [0.2, 0.25) is 0 Å². The van der Waals surface area contributed by atoms with E-state index in [4.69, 9.17) is 4.74 Å². The predicted molar refractivity (Wildman–Crippen MR) is 82.7 cm³/mol. The number of hydrogen-bond donors (Lipinski definition) is 1. The van der Waals surface area contributed by atoms with Gasteiger partial charge in [0.15, 0.2) is 5.65 Å². The summed E-state index contributed by atoms with van der Waals surface area (Å²) in [7, 11) is 1.82. The Morgan fingerprint density at radius 2 is 1.96 bits per heavy atom. The highest BCUT2D eigenvalue weighted by Gasteiger charge is 2.31. The Bertz CT molecular complexity index is 707. The Morgan fingerprint density at radius 1 is 1.25 bits per heavy atom. The van der Waals surface area contributed by atoms with Crippen LogP contribution in [0.15, 0.2) is 6.20 Å². The van der Waals surface area contributed by atoms with Crippen molar-refractivity contribution < 1.29 is 17.9 Å². The maximum Gasteiger partial charge on any atom is 0.411 e. The highest BCUT2D eigenvalue weighted by atomic mass is 19.4. The topological polar surface area (TPSA) is 64.9 Å². The van der Waals surface area contributed by atoms with Crippen LogP contribution in [0, 0.1) is 6.92 Å². The van der Waals surface area contributed by atoms with Gasteiger partial charge in [0.05, 0.1) is 17.7 Å². The highest BCUT2D eigenvalue weighted by molar-refractivity contribution is 5.86. The lowest BCUT2D eigenvalue weighted by Crippen LogP contribution is -2.32. The number of alkyl halides is 3. The van der Waals surface area contributed by atoms with E-state index in [2.05, 4.69) is 20.4 Å². The molecule has 2 aromatic rings. The van der Waals surface area contributed by atoms with Gasteiger partial charge in [-0.3, -0.25) is 4.68 Å². The molecule has 0 bridgehead atoms. The summed E-state index contributed by atoms with van der Waals surface area (Å²) in [6.07, 6.45) is -0.174. The molecule has 0 atom stereocenters. The first-order valence-electron chi connectivity index (χ1n) is 7.93. The molecule has 0 saturated heterocycles. The molecule has 24 heavy (non-hydrogen) atoms. The number of ether oxygens (including phenoxy) is 1. The average Bonchev–Trinajstić information content (AvgIpc) is 2.87. The summed E-state index contributed by atoms with van der Waals surface area (Å²) in [6, 6.07) is 0.161. The number of nitrogens with zero attached hydrogens (tertiary/aromatic N) is 4. The monoisotopic (exact) mass is 343 g/mol. The summed E-state index contributed by atoms with van der Waals surface area (Å²) in [5.41, 5.74) is 0.757. The van der Waals surface area contributed by atoms with Crippen LogP contribution in [0.5, 0.6) is 0 Å². The maximum atomic E-state index is 12.2. The molecular weight excluding hydrogens is 323 g/mol. The molecule has 6 nitrogen and oxygen atoms in total. The molecule has 1 aliphatic carbocycles. The molecule has 132 valence electrons. The van der Waals surface area contributed by atoms with Crippen LogP contribution in [0.3, 0.4) is 0 Å². The van der Waals surface area contributed by atoms with E-state index in [0.29, 0.717) is 18.7 Å². The lowest BCUT2D eigenvalue weighted by molar-refractivity contribution is -0.187. The third-order valence-electron chi connectivity index (χ3n) is 4.20. The number of rotatable bonds is 4. The predicted octanol–water partition coefficient (Wildman–Crippen LogP) is 2.97. The zero-order chi connectivity index (χ0) is 17.3. The molecule has 1 fully saturated rings. The summed E-state index contributed by atoms with van der Waals surface area (Å²) in [4.78, 5) is 8.81. The van der Waals surface area contributed by atoms with E-state index in [0.717, 1.165) is 29.7 Å². The van der Waals surface area contributed by atoms with Gasteiger partial charge < -0.3 is 10.1 Å². The number of aryl methyl sites for hydroxylation is 2. The Hall–Kier alpha value is -1.90. The quantitative estimate of drug-likeness (QED) is 0.925. The summed E-state index contributed by atoms with van der Waals surface area (Å²) in [5.74, 6) is 1.38. The summed E-state index contributed by atoms with van der Waals surface area (Å²) in [5, 5.41) is 8.43. The van der Waals surface area contributed by atoms with Gasteiger partial charge in [-0.1, -0.05) is 0 Å². The van der Waals surface area contributed by atoms with Crippen LogP contribution in [0.25, 0.3) is 11.0 Å². The molecule has 2 aromatic heterocycles. The average molecular weight is 343 g/mol. The standard InChI is InChI=1S/C15H20F3N5O/c1-9-20-13(12-7-19-23(2)14(12)21-9)22-10-3-5-11(6-4-10)24-8-15(16,17)18/h7,10-11H,3-6,8H2,1-2H3,(H,20,21,22). The van der Waals surface area contributed by atoms with Crippen molar-refractivity contribution in [1.29, 1.82) is 0 Å². The minimum Gasteiger partial charge on any atom is -0.369 e. The molecule has 3 rings (SSSR count). The molecule has 0 spiro atoms. The van der Waals surface area contributed by atoms with Gasteiger partial charge in [-0.05, 0) is 32.6 Å². The number of fused-ring (bicyclic) bond motifs is 1. The van der Waals surface area contributed by atoms with Crippen LogP contribution in [-0.4, -0.2) is 44.7 Å². The maximum absolute atomic E-state index is 12.2. The van der Waals surface area contributed by atoms with Gasteiger partial charge in [-0.25, -0.2) is 9.97 Å². The number of nitrogens with one attached hydrogen (secondary N) is 1. The van der Waals surface area contributed by atoms with Crippen molar-refractivity contribution >= 4 is 16.9 Å². The molecule has 0 radical (unpaired) electrons. The SMILES string of the molecule is Cc1nc(NC2CCC(OCC(F)(F)F)CC2)c2cnn(C)c2n1. The number of hydrogen-bond acceptors (Lipinski definition) is 5. The molecule has 1 aliphatic rings. The summed E-state index contributed by atoms with van der Waals surface area (Å²) >= 11 is 0. The first kappa shape index (κ1) is 16.9. The van der Waals surface area contributed by atoms with Crippen molar-refractivity contribution in [2.75, 3.05) is 11.9 Å². The fourth-order valence-electron chi connectivity index (χ4n) is 3.02. The normalized spacial score (nSPS) is 22.0. The molecule has 1 saturated carbocycles. The summed E-state index contributed by atoms with van der Waals surface area (Å²) < 4.78 is 43.2. The van der Waals surface area contributed by atoms with Gasteiger partial charge in [0.25, 0.3) is 0 Å². The first-order chi connectivity index (χ1) is 11.3. The largest absolute Gasteiger partial charge is 0.411 e. The van der Waals surface area contributed by atoms with Gasteiger partial charge >= 0.3 is 6.18 Å². The fourth-order valence-corrected chi connectivity index (χ4v) is 3.02. The molecular formula is C15H20F3N5O. The van der Waals surface area contributed by atoms with E-state index >= 15 is 0 Å². The van der Waals surface area contributed by atoms with Crippen LogP contribution >= 0.6 is 0 Å². The Morgan fingerprint density at radius 3 is 2.62 bits per heavy atom. The zero-order valence-corrected chi connectivity index (χ0v) is 13.6. The lowest BCUT2D eigenvalue weighted by atomic mass is 9.93. The summed E-state index contributed by atoms with van der Waals surface area (Å²) in [6.45, 7) is 0.649. The van der Waals surface area contributed by atoms with Crippen molar-refractivity contribution in [3.8, 4) is 0 Å². The molecule has 1 N–H and O–H groups in total. The molecule has 2 heterocycles. The van der Waals surface area contributed by atoms with Gasteiger partial charge in [-0.15, -0.1) is 0 Å². The van der Waals surface area contributed by atoms with E-state index < -0.39 is 12.8 Å². The minimum absolute atomic E-state index is 0.161. The second-order valence-corrected chi connectivity index (χ2v) is 6.17. The van der Waals surface area contributed by atoms with Crippen molar-refractivity contribution in [1.82, 2.24) is 19.7 Å². The van der Waals surface area contributed by atoms with E-state index in [1.54, 1.807) is 10.9 Å². The fraction of sp³-hybridized carbons (Fsp3) is 0.667. The Labute approximate surface area is 137 Å². The Kier molecular flexibility index (Phi) is 4.62. The first-order valence-corrected chi connectivity index (χ1v) is 7.93. The second kappa shape index (κ2) is 6.54. The van der Waals surface area contributed by atoms with Crippen LogP contribution in [0.4, 0.5) is 19.0 Å². The van der Waals surface area contributed by atoms with Gasteiger partial charge in [-0.2, -0.15) is 18.3 Å². The number of aromatic nitrogens is 4. The highest BCUT2D eigenvalue weighted by Crippen LogP contribution is 2.27. The number of anilines is 1. The van der Waals surface area contributed by atoms with Gasteiger partial charge in [0.2, 0.25) is 0 Å². The van der Waals surface area contributed by atoms with Crippen LogP contribution in [0.1, 0.15) is 31.5 Å². The molecule has 0 unspecified atom stereocenters. The van der Waals surface area contributed by atoms with Crippen molar-refractivity contribution in [2.24, 2.45) is 7.05 Å². The van der Waals surface area contributed by atoms with Crippen LogP contribution < -0.4 is 5.32 Å². The van der Waals surface area contributed by atoms with Gasteiger partial charge in [0.1, 0.15) is 18.2 Å². The van der Waals surface area contributed by atoms with Gasteiger partial charge in [0, 0.05) is 13.1 Å². The van der Waals surface area contributed by atoms with Crippen molar-refractivity contribution in [2.45, 2.75) is 50.9 Å². The van der Waals surface area contributed by atoms with E-state index in [1.165, 1.54) is 0 Å². The van der Waals surface area contributed by atoms with E-state index in [9.17, 15) is 13.2 Å². The smallest absolute Gasteiger partial charge is 0.369 e. The molecule has 9 heteroatoms. The lowest BCUT2D eigenvalue weighted by Gasteiger charge is -2.29. The molecule has 0 aromatic carbocycles. The third-order valence-corrected chi connectivity index (χ3v) is 4.20. The zero-order valence-electron chi connectivity index (χ0n) is 13.6. The second-order valence-electron chi connectivity index (χ2n) is 6.17. The minimum atomic E-state index is -4.26. The van der Waals surface area contributed by atoms with E-state index in [-0.39, 0.29) is 12.1 Å². The van der Waals surface area contributed by atoms with Crippen LogP contribution in [-0.2, 0) is 11.8 Å². The molecule has 0 aliphatic heterocycles. The number of halogens is 3. The van der Waals surface area contributed by atoms with Crippen molar-refractivity contribution in [3.05, 3.63) is 12.0 Å².